The van der Waals surface area contributed by atoms with Gasteiger partial charge in [0.15, 0.2) is 17.5 Å². The minimum Gasteiger partial charge on any atom is -0.399 e. The van der Waals surface area contributed by atoms with Crippen LogP contribution in [0.3, 0.4) is 0 Å². The van der Waals surface area contributed by atoms with Crippen LogP contribution in [-0.2, 0) is 38.2 Å². The summed E-state index contributed by atoms with van der Waals surface area (Å²) in [5.74, 6) is 2.95. The van der Waals surface area contributed by atoms with Crippen molar-refractivity contribution in [3.63, 3.8) is 0 Å². The molecule has 7 heterocycles. The third kappa shape index (κ3) is 12.5. The fourth-order valence-electron chi connectivity index (χ4n) is 6.27. The van der Waals surface area contributed by atoms with Gasteiger partial charge in [0.05, 0.1) is 61.1 Å². The molecule has 338 valence electrons. The first-order chi connectivity index (χ1) is 28.8. The SMILES string of the molecule is CC1(C)OB(c2ccnc(N)c2N)OC1(C)C.C[C@@H]1COCCN1c1cc(N=S(C)(C)=O)nc(-c2ccnc(N)c2N)n1.C[C@@H]1COCCN1c1cc(N=S(C)(C)=O)nc(Cl)n1. The summed E-state index contributed by atoms with van der Waals surface area (Å²) in [4.78, 5) is 29.4. The lowest BCUT2D eigenvalue weighted by Gasteiger charge is -2.34. The highest BCUT2D eigenvalue weighted by Gasteiger charge is 2.52. The van der Waals surface area contributed by atoms with Crippen LogP contribution >= 0.6 is 11.6 Å². The van der Waals surface area contributed by atoms with E-state index in [1.807, 2.05) is 27.7 Å². The van der Waals surface area contributed by atoms with Gasteiger partial charge in [0.25, 0.3) is 0 Å². The quantitative estimate of drug-likeness (QED) is 0.159. The minimum atomic E-state index is -2.38. The van der Waals surface area contributed by atoms with Crippen molar-refractivity contribution >= 4 is 89.9 Å². The number of halogens is 1. The summed E-state index contributed by atoms with van der Waals surface area (Å²) in [7, 11) is -5.15. The van der Waals surface area contributed by atoms with Gasteiger partial charge in [0.2, 0.25) is 5.28 Å². The summed E-state index contributed by atoms with van der Waals surface area (Å²) >= 11 is 5.91. The Morgan fingerprint density at radius 2 is 1.19 bits per heavy atom. The van der Waals surface area contributed by atoms with E-state index in [9.17, 15) is 8.42 Å². The zero-order chi connectivity index (χ0) is 45.8. The van der Waals surface area contributed by atoms with Gasteiger partial charge < -0.3 is 51.5 Å². The second-order valence-electron chi connectivity index (χ2n) is 16.5. The molecule has 0 aromatic carbocycles. The topological polar surface area (TPSA) is 284 Å². The molecule has 3 saturated heterocycles. The van der Waals surface area contributed by atoms with Crippen LogP contribution in [0.4, 0.5) is 46.3 Å². The van der Waals surface area contributed by atoms with E-state index in [1.165, 1.54) is 0 Å². The number of nitrogens with zero attached hydrogens (tertiary/aromatic N) is 10. The maximum absolute atomic E-state index is 12.2. The van der Waals surface area contributed by atoms with Crippen LogP contribution in [0, 0.1) is 0 Å². The van der Waals surface area contributed by atoms with Crippen molar-refractivity contribution in [3.8, 4) is 11.4 Å². The Balaban J connectivity index is 0.000000181. The fraction of sp³-hybridized carbons (Fsp3) is 0.526. The lowest BCUT2D eigenvalue weighted by molar-refractivity contribution is 0.00578. The molecule has 0 aliphatic carbocycles. The Bertz CT molecular complexity index is 2470. The van der Waals surface area contributed by atoms with Crippen molar-refractivity contribution in [3.05, 3.63) is 41.9 Å². The molecule has 8 N–H and O–H groups in total. The van der Waals surface area contributed by atoms with Crippen LogP contribution in [0.15, 0.2) is 45.4 Å². The Morgan fingerprint density at radius 1 is 0.726 bits per heavy atom. The molecule has 4 aromatic rings. The van der Waals surface area contributed by atoms with E-state index in [0.29, 0.717) is 84.8 Å². The molecule has 0 radical (unpaired) electrons. The van der Waals surface area contributed by atoms with Gasteiger partial charge >= 0.3 is 7.12 Å². The first kappa shape index (κ1) is 48.4. The van der Waals surface area contributed by atoms with E-state index >= 15 is 0 Å². The Hall–Kier alpha value is -4.65. The number of morpholine rings is 2. The van der Waals surface area contributed by atoms with Gasteiger partial charge in [-0.25, -0.2) is 33.3 Å². The molecule has 4 aromatic heterocycles. The molecule has 7 rings (SSSR count). The Morgan fingerprint density at radius 3 is 1.69 bits per heavy atom. The van der Waals surface area contributed by atoms with Crippen molar-refractivity contribution in [1.82, 2.24) is 29.9 Å². The predicted molar refractivity (Wildman–Crippen MR) is 249 cm³/mol. The molecule has 0 amide bonds. The summed E-state index contributed by atoms with van der Waals surface area (Å²) in [6.07, 6.45) is 9.38. The average molecular weight is 917 g/mol. The first-order valence-electron chi connectivity index (χ1n) is 19.7. The van der Waals surface area contributed by atoms with Gasteiger partial charge in [0, 0.05) is 93.1 Å². The lowest BCUT2D eigenvalue weighted by atomic mass is 9.78. The molecule has 0 bridgehead atoms. The molecule has 62 heavy (non-hydrogen) atoms. The summed E-state index contributed by atoms with van der Waals surface area (Å²) in [6.45, 7) is 16.0. The number of anilines is 6. The monoisotopic (exact) mass is 916 g/mol. The molecule has 0 unspecified atom stereocenters. The first-order valence-corrected chi connectivity index (χ1v) is 24.7. The highest BCUT2D eigenvalue weighted by atomic mass is 35.5. The Labute approximate surface area is 369 Å². The summed E-state index contributed by atoms with van der Waals surface area (Å²) in [6, 6.07) is 7.27. The van der Waals surface area contributed by atoms with E-state index in [-0.39, 0.29) is 34.4 Å². The number of ether oxygens (including phenoxy) is 2. The van der Waals surface area contributed by atoms with Crippen LogP contribution < -0.4 is 38.2 Å². The van der Waals surface area contributed by atoms with Crippen LogP contribution in [0.5, 0.6) is 0 Å². The van der Waals surface area contributed by atoms with Gasteiger partial charge in [-0.15, -0.1) is 0 Å². The maximum atomic E-state index is 12.2. The largest absolute Gasteiger partial charge is 0.497 e. The minimum absolute atomic E-state index is 0.110. The average Bonchev–Trinajstić information content (AvgIpc) is 3.38. The van der Waals surface area contributed by atoms with E-state index in [2.05, 4.69) is 62.3 Å². The summed E-state index contributed by atoms with van der Waals surface area (Å²) in [5, 5.41) is 0.110. The van der Waals surface area contributed by atoms with Crippen LogP contribution in [0.2, 0.25) is 5.28 Å². The van der Waals surface area contributed by atoms with Gasteiger partial charge in [-0.1, -0.05) is 0 Å². The number of pyridine rings is 2. The normalized spacial score (nSPS) is 19.8. The molecule has 3 fully saturated rings. The Kier molecular flexibility index (Phi) is 15.1. The number of rotatable bonds is 6. The van der Waals surface area contributed by atoms with E-state index in [1.54, 1.807) is 61.7 Å². The third-order valence-electron chi connectivity index (χ3n) is 10.1. The number of hydrogen-bond acceptors (Lipinski definition) is 20. The second kappa shape index (κ2) is 19.4. The van der Waals surface area contributed by atoms with Gasteiger partial charge in [-0.3, -0.25) is 0 Å². The molecule has 2 atom stereocenters. The predicted octanol–water partition coefficient (Wildman–Crippen LogP) is 3.55. The second-order valence-corrected chi connectivity index (χ2v) is 21.9. The molecule has 0 saturated carbocycles. The third-order valence-corrected chi connectivity index (χ3v) is 11.6. The van der Waals surface area contributed by atoms with Crippen molar-refractivity contribution in [2.75, 3.05) is 97.3 Å². The summed E-state index contributed by atoms with van der Waals surface area (Å²) < 4.78 is 54.9. The highest BCUT2D eigenvalue weighted by molar-refractivity contribution is 7.92. The van der Waals surface area contributed by atoms with Crippen molar-refractivity contribution in [1.29, 1.82) is 0 Å². The molecule has 24 heteroatoms. The van der Waals surface area contributed by atoms with Crippen molar-refractivity contribution < 1.29 is 27.2 Å². The van der Waals surface area contributed by atoms with Crippen LogP contribution in [-0.4, -0.2) is 133 Å². The molecule has 3 aliphatic heterocycles. The van der Waals surface area contributed by atoms with Gasteiger partial charge in [-0.2, -0.15) is 13.7 Å². The molecular weight excluding hydrogens is 859 g/mol. The van der Waals surface area contributed by atoms with Crippen LogP contribution in [0.1, 0.15) is 41.5 Å². The fourth-order valence-corrected chi connectivity index (χ4v) is 7.54. The van der Waals surface area contributed by atoms with Gasteiger partial charge in [0.1, 0.15) is 23.3 Å². The van der Waals surface area contributed by atoms with E-state index in [4.69, 9.17) is 53.3 Å². The smallest absolute Gasteiger partial charge is 0.399 e. The maximum Gasteiger partial charge on any atom is 0.497 e. The molecule has 0 spiro atoms. The van der Waals surface area contributed by atoms with E-state index in [0.717, 1.165) is 12.0 Å². The van der Waals surface area contributed by atoms with Crippen molar-refractivity contribution in [2.24, 2.45) is 8.73 Å². The number of hydrogen-bond donors (Lipinski definition) is 4. The molecule has 20 nitrogen and oxygen atoms in total. The summed E-state index contributed by atoms with van der Waals surface area (Å²) in [5.41, 5.74) is 24.7. The number of nitrogen functional groups attached to an aromatic ring is 4. The van der Waals surface area contributed by atoms with Crippen LogP contribution in [0.25, 0.3) is 11.4 Å². The number of aromatic nitrogens is 6. The van der Waals surface area contributed by atoms with Gasteiger partial charge in [-0.05, 0) is 65.3 Å². The molecular formula is C38H58BClN14O6S2. The standard InChI is InChI=1S/C16H23N7O2S.C11H18BN3O2.C11H17ClN4O2S/c1-10-9-25-7-6-23(10)13-8-12(22-26(2,3)24)20-16(21-13)11-4-5-19-15(18)14(11)17;1-10(2)11(3,4)17-12(16-10)7-5-6-15-9(14)8(7)13;1-8-7-18-5-4-16(8)10-6-9(13-11(12)14-10)15-19(2,3)17/h4-5,8,10H,6-7,9,17H2,1-3H3,(H2,18,19);5-6H,13H2,1-4H3,(H2,14,15);6,8H,4-5,7H2,1-3H3/t10-;;8-/m1.1/s1. The highest BCUT2D eigenvalue weighted by Crippen LogP contribution is 2.37. The zero-order valence-corrected chi connectivity index (χ0v) is 39.3. The number of nitrogens with two attached hydrogens (primary N) is 4. The van der Waals surface area contributed by atoms with Crippen molar-refractivity contribution in [2.45, 2.75) is 64.8 Å². The lowest BCUT2D eigenvalue weighted by Crippen LogP contribution is -2.44. The zero-order valence-electron chi connectivity index (χ0n) is 36.9. The van der Waals surface area contributed by atoms with E-state index < -0.39 is 26.6 Å². The molecule has 3 aliphatic rings.